The van der Waals surface area contributed by atoms with E-state index in [1.807, 2.05) is 0 Å². The van der Waals surface area contributed by atoms with Crippen molar-refractivity contribution in [2.24, 2.45) is 13.0 Å². The second kappa shape index (κ2) is 5.33. The minimum absolute atomic E-state index is 0.181. The number of rotatable bonds is 6. The van der Waals surface area contributed by atoms with Gasteiger partial charge in [-0.05, 0) is 37.7 Å². The fourth-order valence-electron chi connectivity index (χ4n) is 2.79. The van der Waals surface area contributed by atoms with E-state index in [9.17, 15) is 8.42 Å². The molecule has 0 atom stereocenters. The predicted octanol–water partition coefficient (Wildman–Crippen LogP) is 1.49. The van der Waals surface area contributed by atoms with Crippen LogP contribution in [0.4, 0.5) is 5.95 Å². The van der Waals surface area contributed by atoms with Crippen LogP contribution in [0.25, 0.3) is 0 Å². The van der Waals surface area contributed by atoms with Crippen molar-refractivity contribution in [1.29, 1.82) is 0 Å². The quantitative estimate of drug-likeness (QED) is 0.862. The molecule has 2 aliphatic carbocycles. The van der Waals surface area contributed by atoms with Crippen molar-refractivity contribution in [3.05, 3.63) is 18.1 Å². The molecule has 2 fully saturated rings. The monoisotopic (exact) mass is 336 g/mol. The van der Waals surface area contributed by atoms with E-state index in [-0.39, 0.29) is 11.0 Å². The van der Waals surface area contributed by atoms with Gasteiger partial charge < -0.3 is 0 Å². The first-order valence-electron chi connectivity index (χ1n) is 7.98. The van der Waals surface area contributed by atoms with Gasteiger partial charge in [0.15, 0.2) is 10.9 Å². The lowest BCUT2D eigenvalue weighted by atomic mass is 9.85. The zero-order valence-corrected chi connectivity index (χ0v) is 13.8. The first kappa shape index (κ1) is 14.7. The average molecular weight is 336 g/mol. The summed E-state index contributed by atoms with van der Waals surface area (Å²) in [6.07, 6.45) is 7.17. The summed E-state index contributed by atoms with van der Waals surface area (Å²) in [6.45, 7) is 0.648. The molecular weight excluding hydrogens is 316 g/mol. The van der Waals surface area contributed by atoms with E-state index in [1.165, 1.54) is 23.4 Å². The number of aromatic nitrogens is 5. The lowest BCUT2D eigenvalue weighted by Gasteiger charge is -2.25. The highest BCUT2D eigenvalue weighted by molar-refractivity contribution is 7.92. The molecule has 9 heteroatoms. The predicted molar refractivity (Wildman–Crippen MR) is 83.4 cm³/mol. The van der Waals surface area contributed by atoms with E-state index in [0.29, 0.717) is 24.2 Å². The van der Waals surface area contributed by atoms with Crippen molar-refractivity contribution in [2.45, 2.75) is 49.6 Å². The van der Waals surface area contributed by atoms with Crippen molar-refractivity contribution < 1.29 is 8.42 Å². The molecule has 2 aromatic rings. The van der Waals surface area contributed by atoms with Crippen molar-refractivity contribution in [2.75, 3.05) is 4.72 Å². The van der Waals surface area contributed by atoms with Gasteiger partial charge in [0.25, 0.3) is 10.0 Å². The molecule has 2 aromatic heterocycles. The summed E-state index contributed by atoms with van der Waals surface area (Å²) in [5, 5.41) is 8.63. The van der Waals surface area contributed by atoms with Crippen molar-refractivity contribution in [3.8, 4) is 0 Å². The van der Waals surface area contributed by atoms with Gasteiger partial charge in [-0.1, -0.05) is 6.42 Å². The Morgan fingerprint density at radius 1 is 1.30 bits per heavy atom. The third kappa shape index (κ3) is 2.85. The Morgan fingerprint density at radius 3 is 2.74 bits per heavy atom. The number of anilines is 1. The molecule has 0 radical (unpaired) electrons. The van der Waals surface area contributed by atoms with Gasteiger partial charge in [0.2, 0.25) is 5.95 Å². The number of nitrogens with one attached hydrogen (secondary N) is 1. The van der Waals surface area contributed by atoms with Gasteiger partial charge in [-0.15, -0.1) is 0 Å². The summed E-state index contributed by atoms with van der Waals surface area (Å²) >= 11 is 0. The SMILES string of the molecule is Cn1nc(C2CC2)nc1NS(=O)(=O)c1ccnn1CC1CCC1. The summed E-state index contributed by atoms with van der Waals surface area (Å²) in [7, 11) is -2.02. The minimum Gasteiger partial charge on any atom is -0.252 e. The van der Waals surface area contributed by atoms with Gasteiger partial charge in [0.1, 0.15) is 0 Å². The Morgan fingerprint density at radius 2 is 2.09 bits per heavy atom. The second-order valence-electron chi connectivity index (χ2n) is 6.45. The molecule has 0 saturated heterocycles. The first-order valence-corrected chi connectivity index (χ1v) is 9.47. The van der Waals surface area contributed by atoms with Crippen LogP contribution >= 0.6 is 0 Å². The van der Waals surface area contributed by atoms with E-state index in [0.717, 1.165) is 25.7 Å². The lowest BCUT2D eigenvalue weighted by molar-refractivity contribution is 0.258. The molecule has 0 aromatic carbocycles. The molecule has 4 rings (SSSR count). The number of sulfonamides is 1. The fourth-order valence-corrected chi connectivity index (χ4v) is 3.95. The van der Waals surface area contributed by atoms with Gasteiger partial charge in [0, 0.05) is 19.5 Å². The third-order valence-electron chi connectivity index (χ3n) is 4.56. The number of aryl methyl sites for hydroxylation is 1. The molecule has 2 saturated carbocycles. The molecule has 2 heterocycles. The molecule has 124 valence electrons. The highest BCUT2D eigenvalue weighted by Crippen LogP contribution is 2.38. The Bertz CT molecular complexity index is 816. The van der Waals surface area contributed by atoms with Crippen LogP contribution in [0, 0.1) is 5.92 Å². The maximum atomic E-state index is 12.7. The lowest BCUT2D eigenvalue weighted by Crippen LogP contribution is -2.24. The zero-order valence-electron chi connectivity index (χ0n) is 13.0. The van der Waals surface area contributed by atoms with E-state index < -0.39 is 10.0 Å². The largest absolute Gasteiger partial charge is 0.281 e. The zero-order chi connectivity index (χ0) is 16.0. The average Bonchev–Trinajstić information content (AvgIpc) is 3.08. The van der Waals surface area contributed by atoms with Gasteiger partial charge >= 0.3 is 0 Å². The van der Waals surface area contributed by atoms with Crippen molar-refractivity contribution in [3.63, 3.8) is 0 Å². The summed E-state index contributed by atoms with van der Waals surface area (Å²) in [6, 6.07) is 1.53. The summed E-state index contributed by atoms with van der Waals surface area (Å²) < 4.78 is 30.9. The van der Waals surface area contributed by atoms with Gasteiger partial charge in [-0.25, -0.2) is 9.40 Å². The Balaban J connectivity index is 1.56. The van der Waals surface area contributed by atoms with E-state index in [2.05, 4.69) is 19.9 Å². The number of hydrogen-bond donors (Lipinski definition) is 1. The van der Waals surface area contributed by atoms with Crippen LogP contribution in [0.3, 0.4) is 0 Å². The van der Waals surface area contributed by atoms with Gasteiger partial charge in [-0.2, -0.15) is 23.6 Å². The van der Waals surface area contributed by atoms with Crippen LogP contribution < -0.4 is 4.72 Å². The first-order chi connectivity index (χ1) is 11.0. The third-order valence-corrected chi connectivity index (χ3v) is 5.91. The molecule has 1 N–H and O–H groups in total. The summed E-state index contributed by atoms with van der Waals surface area (Å²) in [4.78, 5) is 4.32. The molecule has 8 nitrogen and oxygen atoms in total. The van der Waals surface area contributed by atoms with Crippen LogP contribution in [0.1, 0.15) is 43.8 Å². The van der Waals surface area contributed by atoms with Crippen LogP contribution in [0.5, 0.6) is 0 Å². The van der Waals surface area contributed by atoms with E-state index in [1.54, 1.807) is 11.7 Å². The number of hydrogen-bond acceptors (Lipinski definition) is 5. The highest BCUT2D eigenvalue weighted by Gasteiger charge is 2.30. The molecule has 0 aliphatic heterocycles. The number of nitrogens with zero attached hydrogens (tertiary/aromatic N) is 5. The Hall–Kier alpha value is -1.90. The highest BCUT2D eigenvalue weighted by atomic mass is 32.2. The molecular formula is C14H20N6O2S. The minimum atomic E-state index is -3.72. The van der Waals surface area contributed by atoms with Gasteiger partial charge in [-0.3, -0.25) is 4.68 Å². The normalized spacial score (nSPS) is 18.8. The maximum absolute atomic E-state index is 12.7. The van der Waals surface area contributed by atoms with Crippen molar-refractivity contribution >= 4 is 16.0 Å². The molecule has 0 bridgehead atoms. The standard InChI is InChI=1S/C14H20N6O2S/c1-19-14(16-13(17-19)11-5-6-11)18-23(21,22)12-7-8-15-20(12)9-10-3-2-4-10/h7-8,10-11H,2-6,9H2,1H3,(H,16,17,18). The summed E-state index contributed by atoms with van der Waals surface area (Å²) in [5.41, 5.74) is 0. The van der Waals surface area contributed by atoms with Gasteiger partial charge in [0.05, 0.1) is 6.20 Å². The smallest absolute Gasteiger partial charge is 0.252 e. The molecule has 23 heavy (non-hydrogen) atoms. The Labute approximate surface area is 135 Å². The molecule has 0 spiro atoms. The fraction of sp³-hybridized carbons (Fsp3) is 0.643. The van der Waals surface area contributed by atoms with E-state index >= 15 is 0 Å². The second-order valence-corrected chi connectivity index (χ2v) is 8.07. The summed E-state index contributed by atoms with van der Waals surface area (Å²) in [5.74, 6) is 1.88. The maximum Gasteiger partial charge on any atom is 0.281 e. The Kier molecular flexibility index (Phi) is 3.40. The van der Waals surface area contributed by atoms with Crippen LogP contribution in [0.2, 0.25) is 0 Å². The van der Waals surface area contributed by atoms with Crippen molar-refractivity contribution in [1.82, 2.24) is 24.5 Å². The molecule has 0 amide bonds. The van der Waals surface area contributed by atoms with Crippen LogP contribution in [-0.4, -0.2) is 33.0 Å². The van der Waals surface area contributed by atoms with E-state index in [4.69, 9.17) is 0 Å². The van der Waals surface area contributed by atoms with Crippen LogP contribution in [-0.2, 0) is 23.6 Å². The molecule has 2 aliphatic rings. The van der Waals surface area contributed by atoms with Crippen LogP contribution in [0.15, 0.2) is 17.3 Å². The molecule has 0 unspecified atom stereocenters. The topological polar surface area (TPSA) is 94.7 Å².